The molecule has 0 heterocycles. The van der Waals surface area contributed by atoms with Gasteiger partial charge in [0.05, 0.1) is 12.7 Å². The van der Waals surface area contributed by atoms with Crippen molar-refractivity contribution in [1.82, 2.24) is 5.32 Å². The first kappa shape index (κ1) is 15.8. The molecule has 0 bridgehead atoms. The number of carbonyl (C=O) groups excluding carboxylic acids is 1. The van der Waals surface area contributed by atoms with E-state index in [9.17, 15) is 4.79 Å². The average Bonchev–Trinajstić information content (AvgIpc) is 2.59. The number of rotatable bonds is 4. The minimum atomic E-state index is -0.0787. The summed E-state index contributed by atoms with van der Waals surface area (Å²) in [7, 11) is 1.65. The van der Waals surface area contributed by atoms with Gasteiger partial charge in [0.1, 0.15) is 5.75 Å². The van der Waals surface area contributed by atoms with Gasteiger partial charge in [-0.05, 0) is 51.6 Å². The second-order valence-corrected chi connectivity index (χ2v) is 6.29. The molecule has 0 atom stereocenters. The van der Waals surface area contributed by atoms with Gasteiger partial charge in [0.25, 0.3) is 5.91 Å². The molecule has 0 fully saturated rings. The summed E-state index contributed by atoms with van der Waals surface area (Å²) in [5, 5.41) is 5.22. The number of methoxy groups -OCH3 is 1. The number of fused-ring (bicyclic) bond motifs is 1. The molecule has 0 unspecified atom stereocenters. The van der Waals surface area contributed by atoms with Crippen molar-refractivity contribution in [3.63, 3.8) is 0 Å². The van der Waals surface area contributed by atoms with Gasteiger partial charge in [-0.1, -0.05) is 42.5 Å². The lowest BCUT2D eigenvalue weighted by molar-refractivity contribution is 0.0950. The largest absolute Gasteiger partial charge is 0.496 e. The molecule has 0 spiro atoms. The summed E-state index contributed by atoms with van der Waals surface area (Å²) in [6, 6.07) is 19.6. The third-order valence-electron chi connectivity index (χ3n) is 3.76. The van der Waals surface area contributed by atoms with E-state index in [1.54, 1.807) is 7.11 Å². The summed E-state index contributed by atoms with van der Waals surface area (Å²) in [5.41, 5.74) is 1.68. The van der Waals surface area contributed by atoms with Crippen molar-refractivity contribution in [2.75, 3.05) is 7.11 Å². The number of amides is 1. The number of ether oxygens (including phenoxy) is 1. The maximum Gasteiger partial charge on any atom is 0.252 e. The van der Waals surface area contributed by atoms with Crippen LogP contribution in [0.15, 0.2) is 60.7 Å². The number of nitrogens with one attached hydrogen (secondary N) is 1. The maximum absolute atomic E-state index is 12.4. The molecule has 1 N–H and O–H groups in total. The van der Waals surface area contributed by atoms with Gasteiger partial charge in [-0.15, -0.1) is 0 Å². The van der Waals surface area contributed by atoms with Crippen LogP contribution < -0.4 is 10.1 Å². The Kier molecular flexibility index (Phi) is 4.81. The molecule has 3 rings (SSSR count). The summed E-state index contributed by atoms with van der Waals surface area (Å²) in [6.45, 7) is 0.425. The van der Waals surface area contributed by atoms with Gasteiger partial charge >= 0.3 is 0 Å². The van der Waals surface area contributed by atoms with Crippen LogP contribution >= 0.6 is 22.6 Å². The fraction of sp³-hybridized carbons (Fsp3) is 0.105. The molecule has 0 aliphatic heterocycles. The summed E-state index contributed by atoms with van der Waals surface area (Å²) < 4.78 is 6.40. The summed E-state index contributed by atoms with van der Waals surface area (Å²) in [5.74, 6) is 0.705. The van der Waals surface area contributed by atoms with E-state index in [0.717, 1.165) is 25.7 Å². The quantitative estimate of drug-likeness (QED) is 0.640. The van der Waals surface area contributed by atoms with Gasteiger partial charge in [-0.3, -0.25) is 4.79 Å². The van der Waals surface area contributed by atoms with Crippen molar-refractivity contribution < 1.29 is 9.53 Å². The molecule has 4 heteroatoms. The van der Waals surface area contributed by atoms with Gasteiger partial charge in [-0.2, -0.15) is 0 Å². The lowest BCUT2D eigenvalue weighted by Gasteiger charge is -2.13. The van der Waals surface area contributed by atoms with Crippen LogP contribution in [0, 0.1) is 3.57 Å². The van der Waals surface area contributed by atoms with Gasteiger partial charge in [-0.25, -0.2) is 0 Å². The van der Waals surface area contributed by atoms with E-state index in [1.165, 1.54) is 0 Å². The molecular weight excluding hydrogens is 401 g/mol. The number of carbonyl (C=O) groups is 1. The number of hydrogen-bond acceptors (Lipinski definition) is 2. The first-order valence-electron chi connectivity index (χ1n) is 7.28. The monoisotopic (exact) mass is 417 g/mol. The molecule has 0 saturated carbocycles. The normalized spacial score (nSPS) is 10.5. The second-order valence-electron chi connectivity index (χ2n) is 5.13. The Balaban J connectivity index is 1.90. The van der Waals surface area contributed by atoms with Crippen LogP contribution in [0.1, 0.15) is 15.9 Å². The Bertz CT molecular complexity index is 861. The van der Waals surface area contributed by atoms with E-state index in [0.29, 0.717) is 12.1 Å². The first-order valence-corrected chi connectivity index (χ1v) is 8.36. The zero-order chi connectivity index (χ0) is 16.2. The maximum atomic E-state index is 12.4. The second kappa shape index (κ2) is 7.00. The first-order chi connectivity index (χ1) is 11.2. The van der Waals surface area contributed by atoms with Gasteiger partial charge in [0.2, 0.25) is 0 Å². The predicted molar refractivity (Wildman–Crippen MR) is 101 cm³/mol. The number of hydrogen-bond donors (Lipinski definition) is 1. The highest BCUT2D eigenvalue weighted by Gasteiger charge is 2.12. The Labute approximate surface area is 148 Å². The van der Waals surface area contributed by atoms with E-state index in [2.05, 4.69) is 34.0 Å². The molecule has 0 aliphatic carbocycles. The Morgan fingerprint density at radius 2 is 1.78 bits per heavy atom. The molecule has 23 heavy (non-hydrogen) atoms. The topological polar surface area (TPSA) is 38.3 Å². The molecule has 0 radical (unpaired) electrons. The van der Waals surface area contributed by atoms with Crippen LogP contribution in [-0.2, 0) is 6.54 Å². The molecule has 3 aromatic rings. The Morgan fingerprint density at radius 1 is 1.04 bits per heavy atom. The standard InChI is InChI=1S/C19H16INO2/c1-23-18-11-10-13-6-2-3-7-14(13)16(18)12-21-19(22)15-8-4-5-9-17(15)20/h2-11H,12H2,1H3,(H,21,22). The zero-order valence-corrected chi connectivity index (χ0v) is 14.8. The van der Waals surface area contributed by atoms with Crippen LogP contribution in [-0.4, -0.2) is 13.0 Å². The summed E-state index contributed by atoms with van der Waals surface area (Å²) >= 11 is 2.17. The Morgan fingerprint density at radius 3 is 2.57 bits per heavy atom. The smallest absolute Gasteiger partial charge is 0.252 e. The Hall–Kier alpha value is -2.08. The van der Waals surface area contributed by atoms with Crippen LogP contribution in [0.2, 0.25) is 0 Å². The third kappa shape index (κ3) is 3.32. The van der Waals surface area contributed by atoms with E-state index >= 15 is 0 Å². The lowest BCUT2D eigenvalue weighted by Crippen LogP contribution is -2.24. The zero-order valence-electron chi connectivity index (χ0n) is 12.7. The van der Waals surface area contributed by atoms with Gasteiger partial charge in [0, 0.05) is 15.7 Å². The number of benzene rings is 3. The minimum absolute atomic E-state index is 0.0787. The minimum Gasteiger partial charge on any atom is -0.496 e. The highest BCUT2D eigenvalue weighted by atomic mass is 127. The van der Waals surface area contributed by atoms with Crippen molar-refractivity contribution in [2.45, 2.75) is 6.54 Å². The highest BCUT2D eigenvalue weighted by Crippen LogP contribution is 2.27. The fourth-order valence-corrected chi connectivity index (χ4v) is 3.23. The van der Waals surface area contributed by atoms with Crippen molar-refractivity contribution in [3.05, 3.63) is 75.4 Å². The van der Waals surface area contributed by atoms with E-state index in [-0.39, 0.29) is 5.91 Å². The SMILES string of the molecule is COc1ccc2ccccc2c1CNC(=O)c1ccccc1I. The average molecular weight is 417 g/mol. The molecule has 3 aromatic carbocycles. The molecule has 116 valence electrons. The molecule has 0 aromatic heterocycles. The van der Waals surface area contributed by atoms with E-state index < -0.39 is 0 Å². The van der Waals surface area contributed by atoms with Crippen LogP contribution in [0.5, 0.6) is 5.75 Å². The molecule has 0 saturated heterocycles. The predicted octanol–water partition coefficient (Wildman–Crippen LogP) is 4.38. The van der Waals surface area contributed by atoms with Crippen LogP contribution in [0.25, 0.3) is 10.8 Å². The molecule has 0 aliphatic rings. The third-order valence-corrected chi connectivity index (χ3v) is 4.70. The fourth-order valence-electron chi connectivity index (χ4n) is 2.60. The van der Waals surface area contributed by atoms with Crippen molar-refractivity contribution in [3.8, 4) is 5.75 Å². The van der Waals surface area contributed by atoms with E-state index in [1.807, 2.05) is 54.6 Å². The van der Waals surface area contributed by atoms with Crippen LogP contribution in [0.4, 0.5) is 0 Å². The van der Waals surface area contributed by atoms with Crippen molar-refractivity contribution in [2.24, 2.45) is 0 Å². The van der Waals surface area contributed by atoms with Crippen molar-refractivity contribution in [1.29, 1.82) is 0 Å². The number of halogens is 1. The molecular formula is C19H16INO2. The van der Waals surface area contributed by atoms with E-state index in [4.69, 9.17) is 4.74 Å². The highest BCUT2D eigenvalue weighted by molar-refractivity contribution is 14.1. The molecule has 1 amide bonds. The van der Waals surface area contributed by atoms with Crippen LogP contribution in [0.3, 0.4) is 0 Å². The lowest BCUT2D eigenvalue weighted by atomic mass is 10.0. The van der Waals surface area contributed by atoms with Gasteiger partial charge in [0.15, 0.2) is 0 Å². The van der Waals surface area contributed by atoms with Crippen molar-refractivity contribution >= 4 is 39.3 Å². The van der Waals surface area contributed by atoms with Gasteiger partial charge < -0.3 is 10.1 Å². The summed E-state index contributed by atoms with van der Waals surface area (Å²) in [6.07, 6.45) is 0. The molecule has 3 nitrogen and oxygen atoms in total. The summed E-state index contributed by atoms with van der Waals surface area (Å²) in [4.78, 5) is 12.4.